The van der Waals surface area contributed by atoms with Gasteiger partial charge in [-0.1, -0.05) is 0 Å². The highest BCUT2D eigenvalue weighted by Gasteiger charge is 2.34. The highest BCUT2D eigenvalue weighted by molar-refractivity contribution is 7.86. The molecule has 0 bridgehead atoms. The smallest absolute Gasteiger partial charge is 0.276 e. The minimum atomic E-state index is -3.49. The molecular weight excluding hydrogens is 216 g/mol. The van der Waals surface area contributed by atoms with Gasteiger partial charge in [-0.3, -0.25) is 4.90 Å². The molecule has 88 valence electrons. The van der Waals surface area contributed by atoms with Gasteiger partial charge in [0.2, 0.25) is 0 Å². The number of hydrogen-bond donors (Lipinski definition) is 2. The molecule has 0 atom stereocenters. The third-order valence-corrected chi connectivity index (χ3v) is 4.28. The summed E-state index contributed by atoms with van der Waals surface area (Å²) in [7, 11) is 0.421. The maximum atomic E-state index is 11.1. The Bertz CT molecular complexity index is 318. The summed E-state index contributed by atoms with van der Waals surface area (Å²) in [5.41, 5.74) is 0. The molecule has 0 aromatic carbocycles. The normalized spacial score (nSPS) is 35.1. The number of nitrogens with zero attached hydrogens (tertiary/aromatic N) is 2. The van der Waals surface area contributed by atoms with Crippen LogP contribution in [0.3, 0.4) is 0 Å². The molecule has 0 spiro atoms. The van der Waals surface area contributed by atoms with Gasteiger partial charge >= 0.3 is 0 Å². The Balaban J connectivity index is 1.82. The molecule has 0 unspecified atom stereocenters. The number of likely N-dealkylation sites (tertiary alicyclic amines) is 1. The Kier molecular flexibility index (Phi) is 3.00. The summed E-state index contributed by atoms with van der Waals surface area (Å²) in [5.74, 6) is 0. The van der Waals surface area contributed by atoms with Crippen LogP contribution < -0.4 is 10.0 Å². The number of nitrogens with two attached hydrogens (primary N) is 1. The van der Waals surface area contributed by atoms with Crippen LogP contribution in [0.4, 0.5) is 0 Å². The van der Waals surface area contributed by atoms with Gasteiger partial charge in [-0.15, -0.1) is 0 Å². The van der Waals surface area contributed by atoms with E-state index >= 15 is 0 Å². The van der Waals surface area contributed by atoms with E-state index in [4.69, 9.17) is 5.14 Å². The van der Waals surface area contributed by atoms with Gasteiger partial charge in [0.25, 0.3) is 10.2 Å². The van der Waals surface area contributed by atoms with Crippen LogP contribution >= 0.6 is 0 Å². The third kappa shape index (κ3) is 2.48. The maximum absolute atomic E-state index is 11.1. The molecule has 0 aliphatic carbocycles. The first-order valence-electron chi connectivity index (χ1n) is 5.15. The first-order valence-corrected chi connectivity index (χ1v) is 6.66. The summed E-state index contributed by atoms with van der Waals surface area (Å²) >= 11 is 0. The van der Waals surface area contributed by atoms with E-state index in [1.807, 2.05) is 0 Å². The molecule has 0 aromatic heterocycles. The maximum Gasteiger partial charge on any atom is 0.276 e. The highest BCUT2D eigenvalue weighted by atomic mass is 32.2. The van der Waals surface area contributed by atoms with E-state index < -0.39 is 10.2 Å². The van der Waals surface area contributed by atoms with Crippen LogP contribution in [0.2, 0.25) is 0 Å². The van der Waals surface area contributed by atoms with Crippen LogP contribution in [0.1, 0.15) is 0 Å². The monoisotopic (exact) mass is 234 g/mol. The van der Waals surface area contributed by atoms with Crippen molar-refractivity contribution in [2.45, 2.75) is 6.04 Å². The van der Waals surface area contributed by atoms with Gasteiger partial charge in [0.05, 0.1) is 13.1 Å². The van der Waals surface area contributed by atoms with Crippen molar-refractivity contribution < 1.29 is 13.3 Å². The summed E-state index contributed by atoms with van der Waals surface area (Å²) in [4.78, 5) is 3.63. The zero-order valence-electron chi connectivity index (χ0n) is 8.72. The predicted molar refractivity (Wildman–Crippen MR) is 56.1 cm³/mol. The zero-order valence-corrected chi connectivity index (χ0v) is 9.54. The number of piperazine rings is 1. The van der Waals surface area contributed by atoms with Crippen molar-refractivity contribution in [3.8, 4) is 0 Å². The van der Waals surface area contributed by atoms with Crippen LogP contribution in [-0.4, -0.2) is 62.9 Å². The zero-order chi connectivity index (χ0) is 11.1. The van der Waals surface area contributed by atoms with E-state index in [0.717, 1.165) is 26.2 Å². The van der Waals surface area contributed by atoms with Crippen LogP contribution in [-0.2, 0) is 10.2 Å². The molecule has 3 N–H and O–H groups in total. The van der Waals surface area contributed by atoms with E-state index in [2.05, 4.69) is 11.9 Å². The average Bonchev–Trinajstić information content (AvgIpc) is 2.12. The van der Waals surface area contributed by atoms with Gasteiger partial charge < -0.3 is 4.90 Å². The molecule has 2 heterocycles. The molecule has 0 aromatic rings. The van der Waals surface area contributed by atoms with Crippen LogP contribution in [0.5, 0.6) is 0 Å². The lowest BCUT2D eigenvalue weighted by Gasteiger charge is -2.46. The second-order valence-electron chi connectivity index (χ2n) is 4.29. The summed E-state index contributed by atoms with van der Waals surface area (Å²) < 4.78 is 23.5. The van der Waals surface area contributed by atoms with E-state index in [1.165, 1.54) is 9.21 Å². The molecule has 2 aliphatic heterocycles. The Hall–Kier alpha value is -0.210. The number of nitrogens with one attached hydrogen (secondary N) is 1. The van der Waals surface area contributed by atoms with Crippen molar-refractivity contribution in [1.29, 1.82) is 0 Å². The molecule has 0 amide bonds. The van der Waals surface area contributed by atoms with Crippen molar-refractivity contribution in [1.82, 2.24) is 9.21 Å². The lowest BCUT2D eigenvalue weighted by atomic mass is 10.1. The van der Waals surface area contributed by atoms with Crippen LogP contribution in [0.25, 0.3) is 0 Å². The Morgan fingerprint density at radius 1 is 1.20 bits per heavy atom. The van der Waals surface area contributed by atoms with Gasteiger partial charge in [0, 0.05) is 26.2 Å². The molecular formula is C8H18N4O2S. The molecule has 7 heteroatoms. The summed E-state index contributed by atoms with van der Waals surface area (Å²) in [5, 5.41) is 5.07. The Morgan fingerprint density at radius 2 is 1.73 bits per heavy atom. The van der Waals surface area contributed by atoms with Crippen molar-refractivity contribution >= 4 is 10.2 Å². The topological polar surface area (TPSA) is 71.1 Å². The fourth-order valence-electron chi connectivity index (χ4n) is 2.19. The fraction of sp³-hybridized carbons (Fsp3) is 0.875. The second-order valence-corrected chi connectivity index (χ2v) is 5.84. The highest BCUT2D eigenvalue weighted by Crippen LogP contribution is 2.08. The van der Waals surface area contributed by atoms with Gasteiger partial charge in [-0.05, 0) is 0 Å². The molecule has 0 saturated carbocycles. The van der Waals surface area contributed by atoms with Gasteiger partial charge in [-0.2, -0.15) is 19.8 Å². The summed E-state index contributed by atoms with van der Waals surface area (Å²) in [6.45, 7) is 4.73. The quantitative estimate of drug-likeness (QED) is 0.496. The first-order chi connectivity index (χ1) is 6.97. The molecule has 15 heavy (non-hydrogen) atoms. The molecule has 0 radical (unpaired) electrons. The SMILES string of the molecule is [CH2-][NH+]1CC(N2CCN(S(N)(=O)=O)CC2)C1. The van der Waals surface area contributed by atoms with Crippen molar-refractivity contribution in [3.05, 3.63) is 7.05 Å². The van der Waals surface area contributed by atoms with Crippen molar-refractivity contribution in [2.24, 2.45) is 5.14 Å². The average molecular weight is 234 g/mol. The molecule has 2 saturated heterocycles. The van der Waals surface area contributed by atoms with E-state index in [0.29, 0.717) is 19.1 Å². The molecule has 2 fully saturated rings. The predicted octanol–water partition coefficient (Wildman–Crippen LogP) is -3.13. The molecule has 6 nitrogen and oxygen atoms in total. The number of quaternary nitrogens is 1. The molecule has 2 aliphatic rings. The lowest BCUT2D eigenvalue weighted by Crippen LogP contribution is -3.18. The first kappa shape index (κ1) is 11.3. The van der Waals surface area contributed by atoms with Gasteiger partial charge in [0.1, 0.15) is 6.04 Å². The summed E-state index contributed by atoms with van der Waals surface area (Å²) in [6, 6.07) is 0.583. The molecule has 2 rings (SSSR count). The minimum Gasteiger partial charge on any atom is -0.465 e. The Labute approximate surface area is 90.8 Å². The lowest BCUT2D eigenvalue weighted by molar-refractivity contribution is -0.902. The number of hydrogen-bond acceptors (Lipinski definition) is 3. The van der Waals surface area contributed by atoms with Crippen molar-refractivity contribution in [3.63, 3.8) is 0 Å². The van der Waals surface area contributed by atoms with Crippen LogP contribution in [0, 0.1) is 7.05 Å². The largest absolute Gasteiger partial charge is 0.465 e. The van der Waals surface area contributed by atoms with Crippen molar-refractivity contribution in [2.75, 3.05) is 39.3 Å². The summed E-state index contributed by atoms with van der Waals surface area (Å²) in [6.07, 6.45) is 0. The number of rotatable bonds is 2. The fourth-order valence-corrected chi connectivity index (χ4v) is 2.86. The Morgan fingerprint density at radius 3 is 2.13 bits per heavy atom. The second kappa shape index (κ2) is 3.99. The van der Waals surface area contributed by atoms with Crippen LogP contribution in [0.15, 0.2) is 0 Å². The minimum absolute atomic E-state index is 0.516. The standard InChI is InChI=1S/C8H18N4O2S/c1-10-6-8(7-10)11-2-4-12(5-3-11)15(9,13)14/h8,10H,1-7H2,(H2,9,13,14). The van der Waals surface area contributed by atoms with E-state index in [-0.39, 0.29) is 0 Å². The van der Waals surface area contributed by atoms with E-state index in [9.17, 15) is 8.42 Å². The van der Waals surface area contributed by atoms with Gasteiger partial charge in [0.15, 0.2) is 0 Å². The third-order valence-electron chi connectivity index (χ3n) is 3.20. The van der Waals surface area contributed by atoms with Gasteiger partial charge in [-0.25, -0.2) is 5.14 Å². The van der Waals surface area contributed by atoms with E-state index in [1.54, 1.807) is 0 Å².